The molecule has 0 aromatic heterocycles. The smallest absolute Gasteiger partial charge is 0.330 e. The van der Waals surface area contributed by atoms with Crippen LogP contribution in [0.4, 0.5) is 0 Å². The largest absolute Gasteiger partial charge is 0.466 e. The van der Waals surface area contributed by atoms with Gasteiger partial charge in [-0.1, -0.05) is 77.2 Å². The summed E-state index contributed by atoms with van der Waals surface area (Å²) >= 11 is 0. The van der Waals surface area contributed by atoms with Crippen LogP contribution in [0.15, 0.2) is 12.2 Å². The maximum absolute atomic E-state index is 10.8. The summed E-state index contributed by atoms with van der Waals surface area (Å²) in [4.78, 5) is 10.8. The number of hydrogen-bond donors (Lipinski definition) is 0. The number of carbonyl (C=O) groups excluding carboxylic acids is 1. The molecule has 0 atom stereocenters. The molecule has 0 bridgehead atoms. The van der Waals surface area contributed by atoms with Gasteiger partial charge in [0.1, 0.15) is 0 Å². The first kappa shape index (κ1) is 18.2. The fourth-order valence-electron chi connectivity index (χ4n) is 2.17. The molecule has 0 aromatic carbocycles. The van der Waals surface area contributed by atoms with E-state index in [2.05, 4.69) is 11.7 Å². The van der Waals surface area contributed by atoms with Crippen LogP contribution in [-0.4, -0.2) is 13.1 Å². The van der Waals surface area contributed by atoms with Gasteiger partial charge in [-0.25, -0.2) is 4.79 Å². The quantitative estimate of drug-likeness (QED) is 0.253. The van der Waals surface area contributed by atoms with E-state index in [-0.39, 0.29) is 5.97 Å². The average Bonchev–Trinajstić information content (AvgIpc) is 2.43. The Morgan fingerprint density at radius 2 is 1.32 bits per heavy atom. The molecule has 19 heavy (non-hydrogen) atoms. The van der Waals surface area contributed by atoms with E-state index in [1.54, 1.807) is 0 Å². The van der Waals surface area contributed by atoms with Crippen molar-refractivity contribution < 1.29 is 9.53 Å². The molecule has 0 N–H and O–H groups in total. The number of unbranched alkanes of at least 4 members (excludes halogenated alkanes) is 11. The molecule has 0 unspecified atom stereocenters. The molecule has 0 aliphatic carbocycles. The topological polar surface area (TPSA) is 26.3 Å². The van der Waals surface area contributed by atoms with Crippen molar-refractivity contribution in [1.82, 2.24) is 0 Å². The van der Waals surface area contributed by atoms with Gasteiger partial charge in [0.05, 0.1) is 7.11 Å². The molecule has 0 saturated heterocycles. The third-order valence-electron chi connectivity index (χ3n) is 3.43. The highest BCUT2D eigenvalue weighted by Crippen LogP contribution is 2.11. The summed E-state index contributed by atoms with van der Waals surface area (Å²) in [6.45, 7) is 2.26. The second-order valence-electron chi connectivity index (χ2n) is 5.25. The fraction of sp³-hybridized carbons (Fsp3) is 0.824. The number of hydrogen-bond acceptors (Lipinski definition) is 2. The van der Waals surface area contributed by atoms with E-state index in [1.807, 2.05) is 6.08 Å². The molecular formula is C17H32O2. The summed E-state index contributed by atoms with van der Waals surface area (Å²) in [5.41, 5.74) is 0. The molecule has 0 spiro atoms. The first-order valence-electron chi connectivity index (χ1n) is 8.05. The highest BCUT2D eigenvalue weighted by molar-refractivity contribution is 5.81. The van der Waals surface area contributed by atoms with Crippen LogP contribution in [0.5, 0.6) is 0 Å². The SMILES string of the molecule is CCCCCCCCCCCCCC=CC(=O)OC. The van der Waals surface area contributed by atoms with Gasteiger partial charge >= 0.3 is 5.97 Å². The molecule has 0 saturated carbocycles. The monoisotopic (exact) mass is 268 g/mol. The lowest BCUT2D eigenvalue weighted by atomic mass is 10.1. The second kappa shape index (κ2) is 15.3. The van der Waals surface area contributed by atoms with E-state index in [0.29, 0.717) is 0 Å². The highest BCUT2D eigenvalue weighted by Gasteiger charge is 1.93. The standard InChI is InChI=1S/C17H32O2/c1-3-4-5-6-7-8-9-10-11-12-13-14-15-16-17(18)19-2/h15-16H,3-14H2,1-2H3. The average molecular weight is 268 g/mol. The van der Waals surface area contributed by atoms with E-state index in [1.165, 1.54) is 83.8 Å². The van der Waals surface area contributed by atoms with Crippen molar-refractivity contribution in [2.75, 3.05) is 7.11 Å². The summed E-state index contributed by atoms with van der Waals surface area (Å²) in [6, 6.07) is 0. The normalized spacial score (nSPS) is 11.1. The van der Waals surface area contributed by atoms with Crippen LogP contribution in [0.3, 0.4) is 0 Å². The highest BCUT2D eigenvalue weighted by atomic mass is 16.5. The van der Waals surface area contributed by atoms with Gasteiger partial charge in [0.15, 0.2) is 0 Å². The minimum Gasteiger partial charge on any atom is -0.466 e. The summed E-state index contributed by atoms with van der Waals surface area (Å²) in [5, 5.41) is 0. The van der Waals surface area contributed by atoms with E-state index in [9.17, 15) is 4.79 Å². The Bertz CT molecular complexity index is 221. The molecule has 2 heteroatoms. The molecule has 0 radical (unpaired) electrons. The van der Waals surface area contributed by atoms with Gasteiger partial charge in [-0.05, 0) is 12.8 Å². The molecular weight excluding hydrogens is 236 g/mol. The van der Waals surface area contributed by atoms with Gasteiger partial charge in [0.25, 0.3) is 0 Å². The van der Waals surface area contributed by atoms with Gasteiger partial charge in [-0.3, -0.25) is 0 Å². The van der Waals surface area contributed by atoms with Crippen molar-refractivity contribution in [2.24, 2.45) is 0 Å². The molecule has 0 aliphatic heterocycles. The van der Waals surface area contributed by atoms with Crippen LogP contribution in [0.2, 0.25) is 0 Å². The number of carbonyl (C=O) groups is 1. The molecule has 0 aromatic rings. The van der Waals surface area contributed by atoms with E-state index >= 15 is 0 Å². The van der Waals surface area contributed by atoms with Crippen molar-refractivity contribution in [3.8, 4) is 0 Å². The molecule has 2 nitrogen and oxygen atoms in total. The van der Waals surface area contributed by atoms with Crippen LogP contribution in [0.25, 0.3) is 0 Å². The summed E-state index contributed by atoms with van der Waals surface area (Å²) in [5.74, 6) is -0.247. The predicted octanol–water partition coefficient (Wildman–Crippen LogP) is 5.42. The molecule has 0 amide bonds. The van der Waals surface area contributed by atoms with Crippen LogP contribution < -0.4 is 0 Å². The van der Waals surface area contributed by atoms with Crippen molar-refractivity contribution in [2.45, 2.75) is 84.0 Å². The van der Waals surface area contributed by atoms with Gasteiger partial charge in [-0.15, -0.1) is 0 Å². The number of esters is 1. The number of ether oxygens (including phenoxy) is 1. The van der Waals surface area contributed by atoms with Crippen molar-refractivity contribution in [1.29, 1.82) is 0 Å². The first-order valence-corrected chi connectivity index (χ1v) is 8.05. The minimum absolute atomic E-state index is 0.247. The van der Waals surface area contributed by atoms with Crippen LogP contribution >= 0.6 is 0 Å². The van der Waals surface area contributed by atoms with Gasteiger partial charge < -0.3 is 4.74 Å². The Kier molecular flexibility index (Phi) is 14.6. The fourth-order valence-corrected chi connectivity index (χ4v) is 2.17. The van der Waals surface area contributed by atoms with Crippen LogP contribution in [-0.2, 0) is 9.53 Å². The zero-order valence-electron chi connectivity index (χ0n) is 13.0. The number of allylic oxidation sites excluding steroid dienone is 1. The Morgan fingerprint density at radius 1 is 0.842 bits per heavy atom. The Labute approximate surface area is 119 Å². The third-order valence-corrected chi connectivity index (χ3v) is 3.43. The summed E-state index contributed by atoms with van der Waals surface area (Å²) < 4.78 is 4.53. The molecule has 0 aliphatic rings. The third kappa shape index (κ3) is 15.2. The lowest BCUT2D eigenvalue weighted by Gasteiger charge is -2.01. The van der Waals surface area contributed by atoms with E-state index in [0.717, 1.165) is 6.42 Å². The molecule has 112 valence electrons. The summed E-state index contributed by atoms with van der Waals surface area (Å²) in [6.07, 6.45) is 19.4. The number of methoxy groups -OCH3 is 1. The maximum Gasteiger partial charge on any atom is 0.330 e. The van der Waals surface area contributed by atoms with Gasteiger partial charge in [-0.2, -0.15) is 0 Å². The van der Waals surface area contributed by atoms with Crippen molar-refractivity contribution in [3.63, 3.8) is 0 Å². The Balaban J connectivity index is 3.07. The zero-order chi connectivity index (χ0) is 14.2. The van der Waals surface area contributed by atoms with Crippen molar-refractivity contribution in [3.05, 3.63) is 12.2 Å². The Hall–Kier alpha value is -0.790. The van der Waals surface area contributed by atoms with Gasteiger partial charge in [0.2, 0.25) is 0 Å². The molecule has 0 heterocycles. The second-order valence-corrected chi connectivity index (χ2v) is 5.25. The minimum atomic E-state index is -0.247. The summed E-state index contributed by atoms with van der Waals surface area (Å²) in [7, 11) is 1.41. The van der Waals surface area contributed by atoms with Crippen molar-refractivity contribution >= 4 is 5.97 Å². The van der Waals surface area contributed by atoms with E-state index < -0.39 is 0 Å². The molecule has 0 fully saturated rings. The zero-order valence-corrected chi connectivity index (χ0v) is 13.0. The predicted molar refractivity (Wildman–Crippen MR) is 82.2 cm³/mol. The molecule has 0 rings (SSSR count). The van der Waals surface area contributed by atoms with Crippen LogP contribution in [0.1, 0.15) is 84.0 Å². The first-order chi connectivity index (χ1) is 9.31. The maximum atomic E-state index is 10.8. The lowest BCUT2D eigenvalue weighted by Crippen LogP contribution is -1.93. The Morgan fingerprint density at radius 3 is 1.79 bits per heavy atom. The van der Waals surface area contributed by atoms with E-state index in [4.69, 9.17) is 0 Å². The lowest BCUT2D eigenvalue weighted by molar-refractivity contribution is -0.134. The van der Waals surface area contributed by atoms with Gasteiger partial charge in [0, 0.05) is 6.08 Å². The van der Waals surface area contributed by atoms with Crippen LogP contribution in [0, 0.1) is 0 Å². The number of rotatable bonds is 13.